The molecule has 0 fully saturated rings. The van der Waals surface area contributed by atoms with Gasteiger partial charge in [-0.25, -0.2) is 0 Å². The first-order valence-electron chi connectivity index (χ1n) is 37.1. The van der Waals surface area contributed by atoms with E-state index in [0.717, 1.165) is 32.1 Å². The summed E-state index contributed by atoms with van der Waals surface area (Å²) in [5, 5.41) is 9.71. The Hall–Kier alpha value is -1.10. The zero-order chi connectivity index (χ0) is 56.9. The highest BCUT2D eigenvalue weighted by molar-refractivity contribution is 5.70. The maximum absolute atomic E-state index is 12.4. The lowest BCUT2D eigenvalue weighted by atomic mass is 10.0. The molecule has 0 aliphatic rings. The average Bonchev–Trinajstić information content (AvgIpc) is 3.45. The van der Waals surface area contributed by atoms with Gasteiger partial charge in [0.1, 0.15) is 6.61 Å². The Morgan fingerprint density at radius 2 is 0.392 bits per heavy atom. The van der Waals surface area contributed by atoms with Gasteiger partial charge in [0.2, 0.25) is 0 Å². The topological polar surface area (TPSA) is 72.8 Å². The monoisotopic (exact) mass is 1120 g/mol. The fourth-order valence-corrected chi connectivity index (χ4v) is 12.1. The molecule has 1 atom stereocenters. The highest BCUT2D eigenvalue weighted by Crippen LogP contribution is 2.20. The van der Waals surface area contributed by atoms with Crippen LogP contribution in [0.5, 0.6) is 0 Å². The van der Waals surface area contributed by atoms with Crippen LogP contribution in [0.2, 0.25) is 0 Å². The molecule has 0 bridgehead atoms. The zero-order valence-corrected chi connectivity index (χ0v) is 54.4. The number of carbonyl (C=O) groups excluding carboxylic acids is 2. The summed E-state index contributed by atoms with van der Waals surface area (Å²) in [6.07, 6.45) is 90.3. The fourth-order valence-electron chi connectivity index (χ4n) is 12.1. The van der Waals surface area contributed by atoms with E-state index in [9.17, 15) is 14.7 Å². The van der Waals surface area contributed by atoms with Crippen molar-refractivity contribution in [3.8, 4) is 0 Å². The molecule has 0 rings (SSSR count). The molecule has 1 N–H and O–H groups in total. The van der Waals surface area contributed by atoms with Gasteiger partial charge < -0.3 is 14.6 Å². The van der Waals surface area contributed by atoms with Crippen LogP contribution < -0.4 is 0 Å². The summed E-state index contributed by atoms with van der Waals surface area (Å²) in [6.45, 7) is 4.23. The molecule has 1 unspecified atom stereocenters. The van der Waals surface area contributed by atoms with Crippen molar-refractivity contribution in [2.24, 2.45) is 0 Å². The molecule has 0 saturated heterocycles. The van der Waals surface area contributed by atoms with Crippen molar-refractivity contribution >= 4 is 11.9 Å². The lowest BCUT2D eigenvalue weighted by Gasteiger charge is -2.15. The molecule has 0 radical (unpaired) electrons. The van der Waals surface area contributed by atoms with Gasteiger partial charge in [0.25, 0.3) is 0 Å². The summed E-state index contributed by atoms with van der Waals surface area (Å²) in [6, 6.07) is 0. The van der Waals surface area contributed by atoms with E-state index in [2.05, 4.69) is 13.8 Å². The van der Waals surface area contributed by atoms with E-state index >= 15 is 0 Å². The number of ether oxygens (including phenoxy) is 2. The maximum atomic E-state index is 12.4. The van der Waals surface area contributed by atoms with Gasteiger partial charge in [-0.15, -0.1) is 0 Å². The summed E-state index contributed by atoms with van der Waals surface area (Å²) >= 11 is 0. The standard InChI is InChI=1S/C74H146O5/c1-3-5-7-9-11-13-15-17-19-21-23-25-27-29-31-33-34-35-36-37-38-39-41-43-45-47-49-51-53-55-57-59-61-63-65-67-69-74(77)79-72(70-75)71-78-73(76)68-66-64-62-60-58-56-54-52-50-48-46-44-42-40-32-30-28-26-24-22-20-18-16-14-12-10-8-6-4-2/h72,75H,3-71H2,1-2H3. The molecule has 0 aromatic carbocycles. The van der Waals surface area contributed by atoms with Crippen LogP contribution in [0.4, 0.5) is 0 Å². The molecule has 0 saturated carbocycles. The second-order valence-corrected chi connectivity index (χ2v) is 25.8. The largest absolute Gasteiger partial charge is 0.462 e. The number of hydrogen-bond donors (Lipinski definition) is 1. The highest BCUT2D eigenvalue weighted by Gasteiger charge is 2.16. The van der Waals surface area contributed by atoms with Gasteiger partial charge in [0, 0.05) is 12.8 Å². The number of esters is 2. The van der Waals surface area contributed by atoms with Crippen LogP contribution in [0, 0.1) is 0 Å². The normalized spacial score (nSPS) is 12.0. The van der Waals surface area contributed by atoms with Gasteiger partial charge in [-0.3, -0.25) is 9.59 Å². The molecule has 0 aromatic rings. The van der Waals surface area contributed by atoms with Crippen LogP contribution in [0.3, 0.4) is 0 Å². The van der Waals surface area contributed by atoms with Crippen LogP contribution in [-0.2, 0) is 19.1 Å². The first kappa shape index (κ1) is 77.9. The molecule has 5 nitrogen and oxygen atoms in total. The third kappa shape index (κ3) is 69.3. The Morgan fingerprint density at radius 3 is 0.557 bits per heavy atom. The van der Waals surface area contributed by atoms with Gasteiger partial charge in [0.15, 0.2) is 6.10 Å². The number of carbonyl (C=O) groups is 2. The van der Waals surface area contributed by atoms with E-state index in [-0.39, 0.29) is 25.2 Å². The average molecular weight is 1120 g/mol. The van der Waals surface area contributed by atoms with Gasteiger partial charge in [-0.05, 0) is 12.8 Å². The van der Waals surface area contributed by atoms with Crippen molar-refractivity contribution in [1.82, 2.24) is 0 Å². The minimum absolute atomic E-state index is 0.0552. The Labute approximate surface area is 497 Å². The lowest BCUT2D eigenvalue weighted by molar-refractivity contribution is -0.161. The van der Waals surface area contributed by atoms with Crippen molar-refractivity contribution < 1.29 is 24.2 Å². The number of aliphatic hydroxyl groups is 1. The van der Waals surface area contributed by atoms with Crippen molar-refractivity contribution in [1.29, 1.82) is 0 Å². The molecule has 0 aliphatic heterocycles. The minimum Gasteiger partial charge on any atom is -0.462 e. The number of hydrogen-bond acceptors (Lipinski definition) is 5. The molecule has 0 spiro atoms. The lowest BCUT2D eigenvalue weighted by Crippen LogP contribution is -2.28. The van der Waals surface area contributed by atoms with Crippen LogP contribution in [-0.4, -0.2) is 36.4 Å². The Bertz CT molecular complexity index is 1120. The third-order valence-corrected chi connectivity index (χ3v) is 17.7. The quantitative estimate of drug-likeness (QED) is 0.0485. The minimum atomic E-state index is -0.766. The number of aliphatic hydroxyl groups excluding tert-OH is 1. The van der Waals surface area contributed by atoms with Crippen LogP contribution >= 0.6 is 0 Å². The van der Waals surface area contributed by atoms with Crippen LogP contribution in [0.1, 0.15) is 444 Å². The molecular weight excluding hydrogens is 969 g/mol. The Morgan fingerprint density at radius 1 is 0.241 bits per heavy atom. The highest BCUT2D eigenvalue weighted by atomic mass is 16.6. The molecule has 79 heavy (non-hydrogen) atoms. The van der Waals surface area contributed by atoms with Crippen molar-refractivity contribution in [2.75, 3.05) is 13.2 Å². The van der Waals surface area contributed by atoms with Gasteiger partial charge in [-0.1, -0.05) is 418 Å². The number of rotatable bonds is 71. The van der Waals surface area contributed by atoms with Crippen molar-refractivity contribution in [3.05, 3.63) is 0 Å². The molecule has 0 heterocycles. The molecular formula is C74H146O5. The SMILES string of the molecule is CCCCCCCCCCCCCCCCCCCCCCCCCCCCCCCCCCCCCCC(=O)OC(CO)COC(=O)CCCCCCCCCCCCCCCCCCCCCCCCCCCCCCC. The smallest absolute Gasteiger partial charge is 0.306 e. The Balaban J connectivity index is 3.34. The molecule has 5 heteroatoms. The summed E-state index contributed by atoms with van der Waals surface area (Å²) in [4.78, 5) is 24.7. The van der Waals surface area contributed by atoms with E-state index in [1.165, 1.54) is 385 Å². The maximum Gasteiger partial charge on any atom is 0.306 e. The predicted molar refractivity (Wildman–Crippen MR) is 349 cm³/mol. The molecule has 0 amide bonds. The van der Waals surface area contributed by atoms with E-state index in [1.807, 2.05) is 0 Å². The first-order chi connectivity index (χ1) is 39.1. The van der Waals surface area contributed by atoms with Crippen molar-refractivity contribution in [3.63, 3.8) is 0 Å². The van der Waals surface area contributed by atoms with E-state index in [1.54, 1.807) is 0 Å². The molecule has 0 aromatic heterocycles. The second kappa shape index (κ2) is 71.2. The van der Waals surface area contributed by atoms with Gasteiger partial charge >= 0.3 is 11.9 Å². The summed E-state index contributed by atoms with van der Waals surface area (Å²) in [5.41, 5.74) is 0. The van der Waals surface area contributed by atoms with Gasteiger partial charge in [-0.2, -0.15) is 0 Å². The van der Waals surface area contributed by atoms with Gasteiger partial charge in [0.05, 0.1) is 6.61 Å². The summed E-state index contributed by atoms with van der Waals surface area (Å²) in [5.74, 6) is -0.557. The fraction of sp³-hybridized carbons (Fsp3) is 0.973. The Kier molecular flexibility index (Phi) is 70.2. The first-order valence-corrected chi connectivity index (χ1v) is 37.1. The number of unbranched alkanes of at least 4 members (excludes halogenated alkanes) is 63. The third-order valence-electron chi connectivity index (χ3n) is 17.7. The molecule has 472 valence electrons. The predicted octanol–water partition coefficient (Wildman–Crippen LogP) is 25.6. The summed E-state index contributed by atoms with van der Waals surface area (Å²) in [7, 11) is 0. The van der Waals surface area contributed by atoms with Crippen LogP contribution in [0.15, 0.2) is 0 Å². The van der Waals surface area contributed by atoms with Crippen molar-refractivity contribution in [2.45, 2.75) is 450 Å². The van der Waals surface area contributed by atoms with E-state index in [0.29, 0.717) is 12.8 Å². The zero-order valence-electron chi connectivity index (χ0n) is 54.4. The second-order valence-electron chi connectivity index (χ2n) is 25.8. The van der Waals surface area contributed by atoms with Crippen LogP contribution in [0.25, 0.3) is 0 Å². The summed E-state index contributed by atoms with van der Waals surface area (Å²) < 4.78 is 10.8. The molecule has 0 aliphatic carbocycles. The van der Waals surface area contributed by atoms with E-state index < -0.39 is 6.10 Å². The van der Waals surface area contributed by atoms with E-state index in [4.69, 9.17) is 9.47 Å².